The number of fused-ring (bicyclic) bond motifs is 1. The van der Waals surface area contributed by atoms with E-state index in [1.54, 1.807) is 21.3 Å². The maximum absolute atomic E-state index is 5.78. The van der Waals surface area contributed by atoms with Gasteiger partial charge in [0.25, 0.3) is 0 Å². The van der Waals surface area contributed by atoms with Crippen molar-refractivity contribution < 1.29 is 14.2 Å². The highest BCUT2D eigenvalue weighted by Crippen LogP contribution is 2.38. The van der Waals surface area contributed by atoms with Crippen LogP contribution in [0.3, 0.4) is 0 Å². The van der Waals surface area contributed by atoms with E-state index in [0.29, 0.717) is 17.2 Å². The summed E-state index contributed by atoms with van der Waals surface area (Å²) in [5.41, 5.74) is 10.9. The molecule has 156 valence electrons. The highest BCUT2D eigenvalue weighted by molar-refractivity contribution is 5.59. The van der Waals surface area contributed by atoms with E-state index >= 15 is 0 Å². The van der Waals surface area contributed by atoms with Gasteiger partial charge >= 0.3 is 0 Å². The Morgan fingerprint density at radius 3 is 2.33 bits per heavy atom. The molecule has 1 aliphatic heterocycles. The molecule has 30 heavy (non-hydrogen) atoms. The van der Waals surface area contributed by atoms with Gasteiger partial charge in [-0.1, -0.05) is 0 Å². The predicted octanol–water partition coefficient (Wildman–Crippen LogP) is 3.31. The van der Waals surface area contributed by atoms with Gasteiger partial charge in [-0.15, -0.1) is 0 Å². The molecule has 2 heterocycles. The number of aromatic nitrogens is 2. The van der Waals surface area contributed by atoms with Gasteiger partial charge in [0.15, 0.2) is 17.3 Å². The number of nitrogen functional groups attached to an aromatic ring is 1. The molecule has 0 unspecified atom stereocenters. The van der Waals surface area contributed by atoms with Crippen LogP contribution in [0.5, 0.6) is 17.2 Å². The number of methoxy groups -OCH3 is 3. The molecular weight excluding hydrogens is 380 g/mol. The molecule has 2 N–H and O–H groups in total. The Bertz CT molecular complexity index is 1010. The van der Waals surface area contributed by atoms with Crippen LogP contribution in [0, 0.1) is 0 Å². The van der Waals surface area contributed by atoms with Crippen molar-refractivity contribution in [3.63, 3.8) is 0 Å². The van der Waals surface area contributed by atoms with Crippen molar-refractivity contribution >= 4 is 5.69 Å². The second-order valence-corrected chi connectivity index (χ2v) is 7.28. The molecule has 1 aromatic heterocycles. The zero-order valence-corrected chi connectivity index (χ0v) is 17.5. The number of benzene rings is 2. The number of hydrogen-bond donors (Lipinski definition) is 1. The molecule has 3 aromatic rings. The van der Waals surface area contributed by atoms with E-state index in [4.69, 9.17) is 24.9 Å². The van der Waals surface area contributed by atoms with Gasteiger partial charge < -0.3 is 19.9 Å². The largest absolute Gasteiger partial charge is 0.493 e. The fourth-order valence-corrected chi connectivity index (χ4v) is 3.77. The standard InChI is InChI=1S/C23H26N4O3/c1-28-20-10-15(11-21(29-2)22(20)30-3)13-27-9-8-19-17(14-27)12-25-23(26-19)16-4-6-18(24)7-5-16/h4-7,10-12H,8-9,13-14,24H2,1-3H3. The minimum atomic E-state index is 0.608. The van der Waals surface area contributed by atoms with Crippen LogP contribution in [-0.4, -0.2) is 42.7 Å². The number of nitrogens with two attached hydrogens (primary N) is 1. The van der Waals surface area contributed by atoms with Crippen LogP contribution < -0.4 is 19.9 Å². The first-order chi connectivity index (χ1) is 14.6. The van der Waals surface area contributed by atoms with Crippen LogP contribution in [0.1, 0.15) is 16.8 Å². The first-order valence-corrected chi connectivity index (χ1v) is 9.83. The predicted molar refractivity (Wildman–Crippen MR) is 116 cm³/mol. The fourth-order valence-electron chi connectivity index (χ4n) is 3.77. The molecule has 0 amide bonds. The van der Waals surface area contributed by atoms with Crippen LogP contribution in [0.15, 0.2) is 42.6 Å². The quantitative estimate of drug-likeness (QED) is 0.629. The second-order valence-electron chi connectivity index (χ2n) is 7.28. The lowest BCUT2D eigenvalue weighted by Crippen LogP contribution is -2.31. The molecule has 7 heteroatoms. The summed E-state index contributed by atoms with van der Waals surface area (Å²) < 4.78 is 16.4. The van der Waals surface area contributed by atoms with E-state index in [2.05, 4.69) is 9.88 Å². The summed E-state index contributed by atoms with van der Waals surface area (Å²) in [5.74, 6) is 2.68. The summed E-state index contributed by atoms with van der Waals surface area (Å²) in [6, 6.07) is 11.6. The number of hydrogen-bond acceptors (Lipinski definition) is 7. The van der Waals surface area contributed by atoms with Crippen molar-refractivity contribution in [1.82, 2.24) is 14.9 Å². The number of rotatable bonds is 6. The van der Waals surface area contributed by atoms with Gasteiger partial charge in [0.05, 0.1) is 27.0 Å². The number of anilines is 1. The second kappa shape index (κ2) is 8.59. The maximum Gasteiger partial charge on any atom is 0.203 e. The van der Waals surface area contributed by atoms with E-state index < -0.39 is 0 Å². The molecule has 4 rings (SSSR count). The Morgan fingerprint density at radius 2 is 1.70 bits per heavy atom. The number of ether oxygens (including phenoxy) is 3. The average Bonchev–Trinajstić information content (AvgIpc) is 2.78. The van der Waals surface area contributed by atoms with Crippen LogP contribution in [0.25, 0.3) is 11.4 Å². The first kappa shape index (κ1) is 20.0. The van der Waals surface area contributed by atoms with E-state index in [9.17, 15) is 0 Å². The Labute approximate surface area is 176 Å². The summed E-state index contributed by atoms with van der Waals surface area (Å²) in [5, 5.41) is 0. The fraction of sp³-hybridized carbons (Fsp3) is 0.304. The lowest BCUT2D eigenvalue weighted by Gasteiger charge is -2.28. The molecule has 0 saturated carbocycles. The van der Waals surface area contributed by atoms with Crippen molar-refractivity contribution in [2.45, 2.75) is 19.5 Å². The van der Waals surface area contributed by atoms with Crippen LogP contribution in [0.4, 0.5) is 5.69 Å². The number of nitrogens with zero attached hydrogens (tertiary/aromatic N) is 3. The van der Waals surface area contributed by atoms with Crippen molar-refractivity contribution in [2.75, 3.05) is 33.6 Å². The van der Waals surface area contributed by atoms with Gasteiger partial charge in [-0.05, 0) is 42.0 Å². The van der Waals surface area contributed by atoms with E-state index in [1.165, 1.54) is 0 Å². The van der Waals surface area contributed by atoms with Crippen LogP contribution in [0.2, 0.25) is 0 Å². The Morgan fingerprint density at radius 1 is 1.00 bits per heavy atom. The molecule has 0 atom stereocenters. The Balaban J connectivity index is 1.52. The van der Waals surface area contributed by atoms with E-state index in [0.717, 1.165) is 60.0 Å². The molecule has 0 aliphatic carbocycles. The van der Waals surface area contributed by atoms with E-state index in [-0.39, 0.29) is 0 Å². The van der Waals surface area contributed by atoms with Gasteiger partial charge in [0, 0.05) is 49.1 Å². The monoisotopic (exact) mass is 406 g/mol. The third-order valence-electron chi connectivity index (χ3n) is 5.31. The van der Waals surface area contributed by atoms with Gasteiger partial charge in [-0.3, -0.25) is 4.90 Å². The summed E-state index contributed by atoms with van der Waals surface area (Å²) in [7, 11) is 4.88. The van der Waals surface area contributed by atoms with Crippen molar-refractivity contribution in [3.05, 3.63) is 59.4 Å². The summed E-state index contributed by atoms with van der Waals surface area (Å²) in [6.45, 7) is 2.49. The van der Waals surface area contributed by atoms with Crippen molar-refractivity contribution in [1.29, 1.82) is 0 Å². The van der Waals surface area contributed by atoms with Crippen molar-refractivity contribution in [3.8, 4) is 28.6 Å². The molecule has 2 aromatic carbocycles. The first-order valence-electron chi connectivity index (χ1n) is 9.83. The van der Waals surface area contributed by atoms with Gasteiger partial charge in [0.2, 0.25) is 5.75 Å². The van der Waals surface area contributed by atoms with Crippen LogP contribution >= 0.6 is 0 Å². The normalized spacial score (nSPS) is 13.6. The Kier molecular flexibility index (Phi) is 5.72. The molecule has 0 radical (unpaired) electrons. The molecule has 0 bridgehead atoms. The zero-order valence-electron chi connectivity index (χ0n) is 17.5. The average molecular weight is 406 g/mol. The minimum absolute atomic E-state index is 0.608. The summed E-state index contributed by atoms with van der Waals surface area (Å²) >= 11 is 0. The summed E-state index contributed by atoms with van der Waals surface area (Å²) in [4.78, 5) is 11.7. The molecule has 1 aliphatic rings. The van der Waals surface area contributed by atoms with Gasteiger partial charge in [-0.2, -0.15) is 0 Å². The summed E-state index contributed by atoms with van der Waals surface area (Å²) in [6.07, 6.45) is 2.82. The smallest absolute Gasteiger partial charge is 0.203 e. The van der Waals surface area contributed by atoms with Gasteiger partial charge in [0.1, 0.15) is 0 Å². The topological polar surface area (TPSA) is 82.7 Å². The maximum atomic E-state index is 5.78. The van der Waals surface area contributed by atoms with Gasteiger partial charge in [-0.25, -0.2) is 9.97 Å². The SMILES string of the molecule is COc1cc(CN2CCc3nc(-c4ccc(N)cc4)ncc3C2)cc(OC)c1OC. The highest BCUT2D eigenvalue weighted by atomic mass is 16.5. The third-order valence-corrected chi connectivity index (χ3v) is 5.31. The molecular formula is C23H26N4O3. The molecule has 0 saturated heterocycles. The highest BCUT2D eigenvalue weighted by Gasteiger charge is 2.21. The van der Waals surface area contributed by atoms with E-state index in [1.807, 2.05) is 42.6 Å². The molecule has 0 fully saturated rings. The van der Waals surface area contributed by atoms with Crippen LogP contribution in [-0.2, 0) is 19.5 Å². The lowest BCUT2D eigenvalue weighted by molar-refractivity contribution is 0.241. The third kappa shape index (κ3) is 4.02. The zero-order chi connectivity index (χ0) is 21.1. The Hall–Kier alpha value is -3.32. The molecule has 7 nitrogen and oxygen atoms in total. The minimum Gasteiger partial charge on any atom is -0.493 e. The van der Waals surface area contributed by atoms with Crippen molar-refractivity contribution in [2.24, 2.45) is 0 Å². The lowest BCUT2D eigenvalue weighted by atomic mass is 10.1. The molecule has 0 spiro atoms.